The van der Waals surface area contributed by atoms with Crippen molar-refractivity contribution in [3.63, 3.8) is 0 Å². The van der Waals surface area contributed by atoms with E-state index in [1.165, 1.54) is 33.5 Å². The van der Waals surface area contributed by atoms with Crippen LogP contribution in [0.15, 0.2) is 0 Å². The summed E-state index contributed by atoms with van der Waals surface area (Å²) < 4.78 is 9.91. The number of carbonyl (C=O) groups excluding carboxylic acids is 2. The van der Waals surface area contributed by atoms with E-state index >= 15 is 0 Å². The highest BCUT2D eigenvalue weighted by Gasteiger charge is 2.54. The summed E-state index contributed by atoms with van der Waals surface area (Å²) in [5.74, 6) is 2.07. The number of Topliss-reactive ketones (excluding diaryl/α,β-unsaturated/α-hetero) is 2. The van der Waals surface area contributed by atoms with Crippen molar-refractivity contribution in [1.82, 2.24) is 0 Å². The Balaban J connectivity index is 1.69. The Bertz CT molecular complexity index is 375. The molecule has 4 heteroatoms. The number of hydrogen-bond acceptors (Lipinski definition) is 4. The molecule has 20 heavy (non-hydrogen) atoms. The van der Waals surface area contributed by atoms with Crippen LogP contribution in [-0.2, 0) is 19.1 Å². The minimum Gasteiger partial charge on any atom is -0.349 e. The predicted molar refractivity (Wildman–Crippen MR) is 73.0 cm³/mol. The maximum atomic E-state index is 12.7. The molecule has 0 aliphatic heterocycles. The molecular weight excluding hydrogens is 256 g/mol. The number of carbonyl (C=O) groups is 2. The zero-order valence-electron chi connectivity index (χ0n) is 12.4. The SMILES string of the molecule is COC(OC)C(=O)CC(=O)C12CC3CC(CC(C3)C1)C2. The van der Waals surface area contributed by atoms with Gasteiger partial charge in [-0.3, -0.25) is 9.59 Å². The van der Waals surface area contributed by atoms with E-state index in [0.717, 1.165) is 37.0 Å². The first-order valence-electron chi connectivity index (χ1n) is 7.68. The molecule has 0 N–H and O–H groups in total. The van der Waals surface area contributed by atoms with Crippen molar-refractivity contribution < 1.29 is 19.1 Å². The lowest BCUT2D eigenvalue weighted by Crippen LogP contribution is -2.50. The van der Waals surface area contributed by atoms with Crippen LogP contribution in [0.4, 0.5) is 0 Å². The first kappa shape index (κ1) is 14.2. The predicted octanol–water partition coefficient (Wildman–Crippen LogP) is 2.35. The van der Waals surface area contributed by atoms with Gasteiger partial charge in [-0.2, -0.15) is 0 Å². The number of rotatable bonds is 6. The summed E-state index contributed by atoms with van der Waals surface area (Å²) in [6, 6.07) is 0. The Morgan fingerprint density at radius 3 is 1.85 bits per heavy atom. The van der Waals surface area contributed by atoms with Gasteiger partial charge in [0.15, 0.2) is 5.78 Å². The summed E-state index contributed by atoms with van der Waals surface area (Å²) in [5.41, 5.74) is -0.198. The molecule has 0 aromatic carbocycles. The Morgan fingerprint density at radius 2 is 1.45 bits per heavy atom. The van der Waals surface area contributed by atoms with E-state index in [2.05, 4.69) is 0 Å². The molecule has 0 amide bonds. The quantitative estimate of drug-likeness (QED) is 0.553. The van der Waals surface area contributed by atoms with Gasteiger partial charge in [0.2, 0.25) is 6.29 Å². The average Bonchev–Trinajstić information content (AvgIpc) is 2.38. The second-order valence-corrected chi connectivity index (χ2v) is 7.07. The molecule has 112 valence electrons. The smallest absolute Gasteiger partial charge is 0.217 e. The van der Waals surface area contributed by atoms with Gasteiger partial charge in [-0.05, 0) is 56.3 Å². The van der Waals surface area contributed by atoms with Gasteiger partial charge in [0.1, 0.15) is 5.78 Å². The third kappa shape index (κ3) is 2.33. The fourth-order valence-electron chi connectivity index (χ4n) is 5.24. The van der Waals surface area contributed by atoms with Gasteiger partial charge in [0.05, 0.1) is 6.42 Å². The molecule has 0 atom stereocenters. The fraction of sp³-hybridized carbons (Fsp3) is 0.875. The summed E-state index contributed by atoms with van der Waals surface area (Å²) in [5, 5.41) is 0. The molecule has 0 unspecified atom stereocenters. The van der Waals surface area contributed by atoms with Crippen molar-refractivity contribution in [2.24, 2.45) is 23.2 Å². The lowest BCUT2D eigenvalue weighted by molar-refractivity contribution is -0.162. The number of hydrogen-bond donors (Lipinski definition) is 0. The zero-order chi connectivity index (χ0) is 14.3. The molecule has 0 aromatic rings. The maximum absolute atomic E-state index is 12.7. The van der Waals surface area contributed by atoms with E-state index in [0.29, 0.717) is 0 Å². The maximum Gasteiger partial charge on any atom is 0.217 e. The Labute approximate surface area is 120 Å². The largest absolute Gasteiger partial charge is 0.349 e. The summed E-state index contributed by atoms with van der Waals surface area (Å²) in [6.45, 7) is 0. The van der Waals surface area contributed by atoms with E-state index < -0.39 is 6.29 Å². The van der Waals surface area contributed by atoms with Gasteiger partial charge < -0.3 is 9.47 Å². The van der Waals surface area contributed by atoms with E-state index in [-0.39, 0.29) is 23.4 Å². The van der Waals surface area contributed by atoms with Crippen LogP contribution in [-0.4, -0.2) is 32.1 Å². The summed E-state index contributed by atoms with van der Waals surface area (Å²) in [6.07, 6.45) is 6.02. The monoisotopic (exact) mass is 280 g/mol. The highest BCUT2D eigenvalue weighted by Crippen LogP contribution is 2.60. The topological polar surface area (TPSA) is 52.6 Å². The van der Waals surface area contributed by atoms with Crippen LogP contribution in [0.2, 0.25) is 0 Å². The molecule has 4 aliphatic rings. The Hall–Kier alpha value is -0.740. The molecule has 0 radical (unpaired) electrons. The van der Waals surface area contributed by atoms with E-state index in [4.69, 9.17) is 9.47 Å². The molecule has 0 spiro atoms. The molecular formula is C16H24O4. The van der Waals surface area contributed by atoms with Crippen LogP contribution >= 0.6 is 0 Å². The molecule has 4 bridgehead atoms. The lowest BCUT2D eigenvalue weighted by Gasteiger charge is -2.56. The first-order chi connectivity index (χ1) is 9.56. The molecule has 4 nitrogen and oxygen atoms in total. The third-order valence-electron chi connectivity index (χ3n) is 5.66. The molecule has 4 aliphatic carbocycles. The summed E-state index contributed by atoms with van der Waals surface area (Å²) in [4.78, 5) is 24.7. The van der Waals surface area contributed by atoms with Gasteiger partial charge >= 0.3 is 0 Å². The molecule has 0 heterocycles. The van der Waals surface area contributed by atoms with Crippen LogP contribution in [0.5, 0.6) is 0 Å². The minimum atomic E-state index is -0.895. The van der Waals surface area contributed by atoms with Crippen molar-refractivity contribution >= 4 is 11.6 Å². The van der Waals surface area contributed by atoms with Crippen molar-refractivity contribution in [3.05, 3.63) is 0 Å². The number of methoxy groups -OCH3 is 2. The summed E-state index contributed by atoms with van der Waals surface area (Å²) in [7, 11) is 2.86. The number of ether oxygens (including phenoxy) is 2. The number of ketones is 2. The standard InChI is InChI=1S/C16H24O4/c1-19-15(20-2)13(17)6-14(18)16-7-10-3-11(8-16)5-12(4-10)9-16/h10-12,15H,3-9H2,1-2H3. The molecule has 4 fully saturated rings. The molecule has 0 aromatic heterocycles. The highest BCUT2D eigenvalue weighted by molar-refractivity contribution is 6.03. The second-order valence-electron chi connectivity index (χ2n) is 7.07. The Morgan fingerprint density at radius 1 is 1.00 bits per heavy atom. The minimum absolute atomic E-state index is 0.0293. The van der Waals surface area contributed by atoms with Crippen molar-refractivity contribution in [2.45, 2.75) is 51.2 Å². The van der Waals surface area contributed by atoms with Gasteiger partial charge in [-0.25, -0.2) is 0 Å². The molecule has 0 saturated heterocycles. The first-order valence-corrected chi connectivity index (χ1v) is 7.68. The Kier molecular flexibility index (Phi) is 3.71. The van der Waals surface area contributed by atoms with Gasteiger partial charge in [0, 0.05) is 19.6 Å². The molecule has 4 rings (SSSR count). The van der Waals surface area contributed by atoms with Crippen LogP contribution in [0.25, 0.3) is 0 Å². The molecule has 4 saturated carbocycles. The van der Waals surface area contributed by atoms with Crippen LogP contribution in [0, 0.1) is 23.2 Å². The third-order valence-corrected chi connectivity index (χ3v) is 5.66. The zero-order valence-corrected chi connectivity index (χ0v) is 12.4. The lowest BCUT2D eigenvalue weighted by atomic mass is 9.48. The van der Waals surface area contributed by atoms with E-state index in [9.17, 15) is 9.59 Å². The van der Waals surface area contributed by atoms with Gasteiger partial charge in [-0.15, -0.1) is 0 Å². The summed E-state index contributed by atoms with van der Waals surface area (Å²) >= 11 is 0. The average molecular weight is 280 g/mol. The van der Waals surface area contributed by atoms with E-state index in [1.54, 1.807) is 0 Å². The van der Waals surface area contributed by atoms with Gasteiger partial charge in [0.25, 0.3) is 0 Å². The highest BCUT2D eigenvalue weighted by atomic mass is 16.7. The fourth-order valence-corrected chi connectivity index (χ4v) is 5.24. The van der Waals surface area contributed by atoms with Crippen LogP contribution < -0.4 is 0 Å². The normalized spacial score (nSPS) is 38.5. The van der Waals surface area contributed by atoms with Crippen LogP contribution in [0.3, 0.4) is 0 Å². The van der Waals surface area contributed by atoms with Crippen molar-refractivity contribution in [1.29, 1.82) is 0 Å². The van der Waals surface area contributed by atoms with Crippen molar-refractivity contribution in [2.75, 3.05) is 14.2 Å². The second kappa shape index (κ2) is 5.23. The van der Waals surface area contributed by atoms with Crippen LogP contribution in [0.1, 0.15) is 44.9 Å². The van der Waals surface area contributed by atoms with Gasteiger partial charge in [-0.1, -0.05) is 0 Å². The van der Waals surface area contributed by atoms with E-state index in [1.807, 2.05) is 0 Å². The van der Waals surface area contributed by atoms with Crippen molar-refractivity contribution in [3.8, 4) is 0 Å².